The van der Waals surface area contributed by atoms with E-state index in [0.717, 1.165) is 24.3 Å². The molecule has 2 aliphatic heterocycles. The number of esters is 1. The zero-order chi connectivity index (χ0) is 37.5. The molecule has 0 amide bonds. The zero-order valence-electron chi connectivity index (χ0n) is 26.0. The molecule has 10 unspecified atom stereocenters. The van der Waals surface area contributed by atoms with E-state index in [1.54, 1.807) is 0 Å². The molecule has 278 valence electrons. The first kappa shape index (κ1) is 37.6. The molecule has 3 aromatic rings. The Morgan fingerprint density at radius 1 is 0.804 bits per heavy atom. The van der Waals surface area contributed by atoms with Crippen molar-refractivity contribution in [1.82, 2.24) is 0 Å². The zero-order valence-corrected chi connectivity index (χ0v) is 26.0. The lowest BCUT2D eigenvalue weighted by Crippen LogP contribution is -2.69. The van der Waals surface area contributed by atoms with Crippen LogP contribution in [0.25, 0.3) is 22.3 Å². The number of carboxylic acids is 1. The summed E-state index contributed by atoms with van der Waals surface area (Å²) in [5, 5.41) is 121. The molecule has 20 nitrogen and oxygen atoms in total. The van der Waals surface area contributed by atoms with E-state index in [2.05, 4.69) is 0 Å². The van der Waals surface area contributed by atoms with Gasteiger partial charge in [-0.05, 0) is 18.6 Å². The van der Waals surface area contributed by atoms with Gasteiger partial charge in [-0.3, -0.25) is 4.79 Å². The number of hydrogen-bond acceptors (Lipinski definition) is 19. The van der Waals surface area contributed by atoms with Crippen molar-refractivity contribution in [3.63, 3.8) is 0 Å². The molecule has 5 rings (SSSR count). The van der Waals surface area contributed by atoms with Gasteiger partial charge in [0.15, 0.2) is 28.6 Å². The van der Waals surface area contributed by atoms with E-state index in [4.69, 9.17) is 23.4 Å². The first-order valence-electron chi connectivity index (χ1n) is 15.1. The predicted octanol–water partition coefficient (Wildman–Crippen LogP) is -3.51. The fourth-order valence-electron chi connectivity index (χ4n) is 5.76. The molecule has 0 aliphatic carbocycles. The van der Waals surface area contributed by atoms with Crippen LogP contribution in [0.5, 0.6) is 23.0 Å². The van der Waals surface area contributed by atoms with Crippen LogP contribution in [0.4, 0.5) is 0 Å². The predicted molar refractivity (Wildman–Crippen MR) is 162 cm³/mol. The summed E-state index contributed by atoms with van der Waals surface area (Å²) in [5.74, 6) is -5.89. The normalized spacial score (nSPS) is 30.9. The van der Waals surface area contributed by atoms with Gasteiger partial charge in [-0.25, -0.2) is 9.59 Å². The number of phenolic OH excluding ortho intramolecular Hbond substituents is 3. The number of aliphatic hydroxyl groups excluding tert-OH is 8. The Labute approximate surface area is 284 Å². The van der Waals surface area contributed by atoms with Gasteiger partial charge in [0.25, 0.3) is 0 Å². The molecule has 2 aliphatic rings. The molecule has 10 atom stereocenters. The molecule has 0 radical (unpaired) electrons. The van der Waals surface area contributed by atoms with Crippen molar-refractivity contribution in [2.24, 2.45) is 0 Å². The molecule has 20 heteroatoms. The van der Waals surface area contributed by atoms with Gasteiger partial charge in [0.1, 0.15) is 64.9 Å². The number of rotatable bonds is 10. The Bertz CT molecular complexity index is 1840. The van der Waals surface area contributed by atoms with E-state index in [9.17, 15) is 75.7 Å². The average molecular weight is 727 g/mol. The molecule has 1 aromatic heterocycles. The van der Waals surface area contributed by atoms with Gasteiger partial charge in [0.2, 0.25) is 12.6 Å². The summed E-state index contributed by atoms with van der Waals surface area (Å²) in [6.45, 7) is -1.27. The maximum Gasteiger partial charge on any atom is 0.340 e. The van der Waals surface area contributed by atoms with Crippen molar-refractivity contribution >= 4 is 22.9 Å². The summed E-state index contributed by atoms with van der Waals surface area (Å²) in [6.07, 6.45) is -20.9. The topological polar surface area (TPSA) is 344 Å². The lowest BCUT2D eigenvalue weighted by molar-refractivity contribution is -0.327. The average Bonchev–Trinajstić information content (AvgIpc) is 3.07. The van der Waals surface area contributed by atoms with Gasteiger partial charge >= 0.3 is 11.9 Å². The van der Waals surface area contributed by atoms with Crippen LogP contribution < -0.4 is 10.2 Å². The summed E-state index contributed by atoms with van der Waals surface area (Å²) in [6, 6.07) is 5.32. The number of aliphatic carboxylic acids is 1. The van der Waals surface area contributed by atoms with Crippen molar-refractivity contribution in [3.8, 4) is 34.3 Å². The number of aromatic hydroxyl groups is 3. The second kappa shape index (κ2) is 14.6. The van der Waals surface area contributed by atoms with Gasteiger partial charge in [-0.1, -0.05) is 0 Å². The highest BCUT2D eigenvalue weighted by Crippen LogP contribution is 2.38. The van der Waals surface area contributed by atoms with Crippen molar-refractivity contribution in [2.75, 3.05) is 13.2 Å². The third-order valence-corrected chi connectivity index (χ3v) is 8.51. The van der Waals surface area contributed by atoms with E-state index in [-0.39, 0.29) is 40.9 Å². The highest BCUT2D eigenvalue weighted by atomic mass is 16.8. The Hall–Kier alpha value is -4.61. The maximum atomic E-state index is 13.1. The highest BCUT2D eigenvalue weighted by molar-refractivity contribution is 5.86. The van der Waals surface area contributed by atoms with Crippen LogP contribution in [0.3, 0.4) is 0 Å². The summed E-state index contributed by atoms with van der Waals surface area (Å²) >= 11 is 0. The third kappa shape index (κ3) is 6.89. The monoisotopic (exact) mass is 726 g/mol. The molecule has 0 saturated carbocycles. The minimum Gasteiger partial charge on any atom is -0.507 e. The number of ether oxygens (including phenoxy) is 4. The van der Waals surface area contributed by atoms with Gasteiger partial charge < -0.3 is 84.6 Å². The Morgan fingerprint density at radius 3 is 2.14 bits per heavy atom. The van der Waals surface area contributed by atoms with Crippen molar-refractivity contribution in [3.05, 3.63) is 46.1 Å². The summed E-state index contributed by atoms with van der Waals surface area (Å²) in [7, 11) is 0. The second-order valence-electron chi connectivity index (χ2n) is 11.8. The van der Waals surface area contributed by atoms with Gasteiger partial charge in [0, 0.05) is 49.0 Å². The standard InChI is InChI=1S/C31H34O20/c32-3-1-10-5-11(6-15(36)19(10)37)16-9-14(35)18-13(34)7-12(8-17(18)48-16)47-28-23(41)20(38)21(39)25(49-28)27(44)50-29-24(42)22(40)26(43)31(51-29,2-4-33)30(45)46/h5-9,20-26,28-29,32-34,36-43H,1-4H2,(H,45,46). The van der Waals surface area contributed by atoms with E-state index < -0.39 is 114 Å². The van der Waals surface area contributed by atoms with Gasteiger partial charge in [-0.2, -0.15) is 0 Å². The largest absolute Gasteiger partial charge is 0.507 e. The van der Waals surface area contributed by atoms with E-state index in [1.807, 2.05) is 0 Å². The number of carbonyl (C=O) groups is 2. The minimum absolute atomic E-state index is 0.0607. The minimum atomic E-state index is -2.76. The first-order chi connectivity index (χ1) is 24.0. The van der Waals surface area contributed by atoms with Crippen LogP contribution in [-0.4, -0.2) is 147 Å². The molecule has 0 spiro atoms. The highest BCUT2D eigenvalue weighted by Gasteiger charge is 2.60. The van der Waals surface area contributed by atoms with Crippen LogP contribution >= 0.6 is 0 Å². The van der Waals surface area contributed by atoms with Gasteiger partial charge in [-0.15, -0.1) is 0 Å². The lowest BCUT2D eigenvalue weighted by atomic mass is 9.84. The molecule has 3 heterocycles. The van der Waals surface area contributed by atoms with E-state index >= 15 is 0 Å². The number of carboxylic acid groups (broad SMARTS) is 1. The van der Waals surface area contributed by atoms with Crippen LogP contribution in [0, 0.1) is 0 Å². The lowest BCUT2D eigenvalue weighted by Gasteiger charge is -2.46. The molecular weight excluding hydrogens is 692 g/mol. The van der Waals surface area contributed by atoms with Crippen LogP contribution in [0.15, 0.2) is 39.5 Å². The molecular formula is C31H34O20. The summed E-state index contributed by atoms with van der Waals surface area (Å²) in [5.41, 5.74) is -3.63. The molecule has 2 saturated heterocycles. The molecule has 51 heavy (non-hydrogen) atoms. The van der Waals surface area contributed by atoms with Crippen LogP contribution in [0.2, 0.25) is 0 Å². The molecule has 12 N–H and O–H groups in total. The fraction of sp³-hybridized carbons (Fsp3) is 0.452. The fourth-order valence-corrected chi connectivity index (χ4v) is 5.76. The number of benzene rings is 2. The van der Waals surface area contributed by atoms with Crippen LogP contribution in [-0.2, 0) is 30.2 Å². The van der Waals surface area contributed by atoms with Crippen LogP contribution in [0.1, 0.15) is 12.0 Å². The number of aliphatic hydroxyl groups is 8. The van der Waals surface area contributed by atoms with Crippen molar-refractivity contribution < 1.29 is 94.2 Å². The molecule has 2 aromatic carbocycles. The SMILES string of the molecule is O=C(OC1OC(CCO)(C(=O)O)C(O)C(O)C1O)C1OC(Oc2cc(O)c3c(=O)cc(-c4cc(O)c(O)c(CCO)c4)oc3c2)C(O)C(O)C1O. The quantitative estimate of drug-likeness (QED) is 0.0711. The van der Waals surface area contributed by atoms with Crippen molar-refractivity contribution in [1.29, 1.82) is 0 Å². The second-order valence-corrected chi connectivity index (χ2v) is 11.8. The first-order valence-corrected chi connectivity index (χ1v) is 15.1. The molecule has 2 fully saturated rings. The van der Waals surface area contributed by atoms with Crippen molar-refractivity contribution in [2.45, 2.75) is 73.8 Å². The third-order valence-electron chi connectivity index (χ3n) is 8.51. The number of hydrogen-bond donors (Lipinski definition) is 12. The number of phenols is 3. The number of fused-ring (bicyclic) bond motifs is 1. The Balaban J connectivity index is 1.41. The van der Waals surface area contributed by atoms with E-state index in [0.29, 0.717) is 0 Å². The maximum absolute atomic E-state index is 13.1. The Morgan fingerprint density at radius 2 is 1.49 bits per heavy atom. The van der Waals surface area contributed by atoms with Gasteiger partial charge in [0.05, 0.1) is 0 Å². The summed E-state index contributed by atoms with van der Waals surface area (Å²) < 4.78 is 26.7. The van der Waals surface area contributed by atoms with E-state index in [1.165, 1.54) is 6.07 Å². The smallest absolute Gasteiger partial charge is 0.340 e. The summed E-state index contributed by atoms with van der Waals surface area (Å²) in [4.78, 5) is 38.0. The number of carbonyl (C=O) groups excluding carboxylic acids is 1. The molecule has 0 bridgehead atoms. The Kier molecular flexibility index (Phi) is 10.7.